The van der Waals surface area contributed by atoms with Crippen LogP contribution in [0.3, 0.4) is 0 Å². The number of benzene rings is 1. The lowest BCUT2D eigenvalue weighted by Crippen LogP contribution is -2.28. The van der Waals surface area contributed by atoms with Gasteiger partial charge in [0.1, 0.15) is 0 Å². The predicted octanol–water partition coefficient (Wildman–Crippen LogP) is 2.40. The number of carbonyl (C=O) groups is 3. The summed E-state index contributed by atoms with van der Waals surface area (Å²) in [5.74, 6) is -0.0536. The van der Waals surface area contributed by atoms with Gasteiger partial charge in [-0.1, -0.05) is 13.0 Å². The Morgan fingerprint density at radius 3 is 2.64 bits per heavy atom. The van der Waals surface area contributed by atoms with Gasteiger partial charge >= 0.3 is 0 Å². The first-order valence-corrected chi connectivity index (χ1v) is 8.71. The van der Waals surface area contributed by atoms with Gasteiger partial charge in [-0.05, 0) is 48.9 Å². The van der Waals surface area contributed by atoms with Crippen LogP contribution in [0.4, 0.5) is 4.79 Å². The van der Waals surface area contributed by atoms with E-state index < -0.39 is 5.91 Å². The van der Waals surface area contributed by atoms with Crippen LogP contribution in [-0.2, 0) is 9.59 Å². The Hall–Kier alpha value is -2.48. The van der Waals surface area contributed by atoms with Gasteiger partial charge in [-0.3, -0.25) is 19.3 Å². The minimum Gasteiger partial charge on any atom is -0.490 e. The molecule has 0 spiro atoms. The molecule has 1 aliphatic heterocycles. The summed E-state index contributed by atoms with van der Waals surface area (Å²) in [5.41, 5.74) is 5.77. The van der Waals surface area contributed by atoms with Crippen LogP contribution < -0.4 is 15.2 Å². The van der Waals surface area contributed by atoms with Gasteiger partial charge < -0.3 is 15.2 Å². The minimum absolute atomic E-state index is 0.255. The lowest BCUT2D eigenvalue weighted by molar-refractivity contribution is -0.122. The van der Waals surface area contributed by atoms with Crippen molar-refractivity contribution in [1.29, 1.82) is 0 Å². The monoisotopic (exact) mass is 364 g/mol. The van der Waals surface area contributed by atoms with Crippen molar-refractivity contribution < 1.29 is 23.9 Å². The molecular weight excluding hydrogens is 344 g/mol. The van der Waals surface area contributed by atoms with Crippen LogP contribution in [-0.4, -0.2) is 41.7 Å². The summed E-state index contributed by atoms with van der Waals surface area (Å²) in [4.78, 5) is 36.6. The van der Waals surface area contributed by atoms with E-state index in [0.29, 0.717) is 41.5 Å². The molecule has 0 unspecified atom stereocenters. The Balaban J connectivity index is 2.24. The van der Waals surface area contributed by atoms with Crippen LogP contribution in [0.2, 0.25) is 0 Å². The van der Waals surface area contributed by atoms with Gasteiger partial charge in [0.2, 0.25) is 0 Å². The maximum Gasteiger partial charge on any atom is 0.293 e. The first-order valence-electron chi connectivity index (χ1n) is 7.89. The molecule has 3 amide bonds. The van der Waals surface area contributed by atoms with Gasteiger partial charge in [0, 0.05) is 6.54 Å². The quantitative estimate of drug-likeness (QED) is 0.711. The van der Waals surface area contributed by atoms with Gasteiger partial charge in [-0.15, -0.1) is 0 Å². The van der Waals surface area contributed by atoms with E-state index in [1.54, 1.807) is 24.3 Å². The van der Waals surface area contributed by atoms with Crippen LogP contribution in [0.1, 0.15) is 25.8 Å². The van der Waals surface area contributed by atoms with Gasteiger partial charge in [-0.2, -0.15) is 0 Å². The van der Waals surface area contributed by atoms with Crippen molar-refractivity contribution in [3.63, 3.8) is 0 Å². The minimum atomic E-state index is -0.587. The second-order valence-electron chi connectivity index (χ2n) is 5.23. The third-order valence-electron chi connectivity index (χ3n) is 3.26. The highest BCUT2D eigenvalue weighted by Gasteiger charge is 2.34. The number of rotatable bonds is 8. The maximum atomic E-state index is 12.3. The average molecular weight is 364 g/mol. The number of hydrogen-bond donors (Lipinski definition) is 1. The molecule has 1 aromatic rings. The number of amides is 3. The standard InChI is InChI=1S/C17H20N2O5S/c1-3-7-19-16(21)14(25-17(19)22)9-11-5-6-12(24-10-15(18)20)13(8-11)23-4-2/h5-6,8-9H,3-4,7,10H2,1-2H3,(H2,18,20)/b14-9+. The summed E-state index contributed by atoms with van der Waals surface area (Å²) in [5, 5.41) is -0.260. The van der Waals surface area contributed by atoms with E-state index in [1.165, 1.54) is 4.90 Å². The first kappa shape index (κ1) is 18.9. The number of thioether (sulfide) groups is 1. The number of imide groups is 1. The lowest BCUT2D eigenvalue weighted by atomic mass is 10.2. The zero-order chi connectivity index (χ0) is 18.4. The zero-order valence-corrected chi connectivity index (χ0v) is 14.9. The van der Waals surface area contributed by atoms with Crippen molar-refractivity contribution in [1.82, 2.24) is 4.90 Å². The fraction of sp³-hybridized carbons (Fsp3) is 0.353. The molecule has 7 nitrogen and oxygen atoms in total. The lowest BCUT2D eigenvalue weighted by Gasteiger charge is -2.12. The van der Waals surface area contributed by atoms with Crippen molar-refractivity contribution >= 4 is 34.9 Å². The molecular formula is C17H20N2O5S. The highest BCUT2D eigenvalue weighted by Crippen LogP contribution is 2.34. The van der Waals surface area contributed by atoms with Gasteiger partial charge in [-0.25, -0.2) is 0 Å². The zero-order valence-electron chi connectivity index (χ0n) is 14.1. The molecule has 1 aliphatic rings. The van der Waals surface area contributed by atoms with E-state index in [4.69, 9.17) is 15.2 Å². The topological polar surface area (TPSA) is 98.9 Å². The number of nitrogens with zero attached hydrogens (tertiary/aromatic N) is 1. The van der Waals surface area contributed by atoms with Crippen LogP contribution in [0, 0.1) is 0 Å². The molecule has 134 valence electrons. The predicted molar refractivity (Wildman–Crippen MR) is 95.3 cm³/mol. The Morgan fingerprint density at radius 2 is 2.00 bits per heavy atom. The molecule has 0 atom stereocenters. The molecule has 8 heteroatoms. The molecule has 2 N–H and O–H groups in total. The van der Waals surface area contributed by atoms with E-state index in [-0.39, 0.29) is 17.8 Å². The van der Waals surface area contributed by atoms with Crippen LogP contribution in [0.25, 0.3) is 6.08 Å². The second kappa shape index (κ2) is 8.57. The molecule has 2 rings (SSSR count). The average Bonchev–Trinajstić information content (AvgIpc) is 2.82. The maximum absolute atomic E-state index is 12.3. The van der Waals surface area contributed by atoms with Crippen LogP contribution in [0.5, 0.6) is 11.5 Å². The summed E-state index contributed by atoms with van der Waals surface area (Å²) in [7, 11) is 0. The van der Waals surface area contributed by atoms with Gasteiger partial charge in [0.15, 0.2) is 18.1 Å². The molecule has 0 saturated carbocycles. The van der Waals surface area contributed by atoms with Crippen molar-refractivity contribution in [2.45, 2.75) is 20.3 Å². The van der Waals surface area contributed by atoms with Crippen molar-refractivity contribution in [3.05, 3.63) is 28.7 Å². The molecule has 1 saturated heterocycles. The summed E-state index contributed by atoms with van der Waals surface area (Å²) >= 11 is 0.919. The van der Waals surface area contributed by atoms with Crippen LogP contribution in [0.15, 0.2) is 23.1 Å². The normalized spacial score (nSPS) is 15.8. The van der Waals surface area contributed by atoms with Crippen LogP contribution >= 0.6 is 11.8 Å². The molecule has 25 heavy (non-hydrogen) atoms. The smallest absolute Gasteiger partial charge is 0.293 e. The summed E-state index contributed by atoms with van der Waals surface area (Å²) < 4.78 is 10.8. The second-order valence-corrected chi connectivity index (χ2v) is 6.22. The van der Waals surface area contributed by atoms with Gasteiger partial charge in [0.05, 0.1) is 11.5 Å². The van der Waals surface area contributed by atoms with E-state index in [2.05, 4.69) is 0 Å². The third-order valence-corrected chi connectivity index (χ3v) is 4.16. The molecule has 0 aliphatic carbocycles. The Bertz CT molecular complexity index is 717. The van der Waals surface area contributed by atoms with E-state index in [1.807, 2.05) is 13.8 Å². The molecule has 0 radical (unpaired) electrons. The SMILES string of the molecule is CCCN1C(=O)S/C(=C/c2ccc(OCC(N)=O)c(OCC)c2)C1=O. The molecule has 1 fully saturated rings. The number of nitrogens with two attached hydrogens (primary N) is 1. The summed E-state index contributed by atoms with van der Waals surface area (Å²) in [6.45, 7) is 4.29. The molecule has 1 heterocycles. The summed E-state index contributed by atoms with van der Waals surface area (Å²) in [6.07, 6.45) is 2.35. The van der Waals surface area contributed by atoms with E-state index in [9.17, 15) is 14.4 Å². The first-order chi connectivity index (χ1) is 12.0. The van der Waals surface area contributed by atoms with E-state index >= 15 is 0 Å². The van der Waals surface area contributed by atoms with E-state index in [0.717, 1.165) is 11.8 Å². The number of hydrogen-bond acceptors (Lipinski definition) is 6. The van der Waals surface area contributed by atoms with Crippen molar-refractivity contribution in [2.75, 3.05) is 19.8 Å². The summed E-state index contributed by atoms with van der Waals surface area (Å²) in [6, 6.07) is 5.04. The number of ether oxygens (including phenoxy) is 2. The van der Waals surface area contributed by atoms with Crippen molar-refractivity contribution in [2.24, 2.45) is 5.73 Å². The van der Waals surface area contributed by atoms with Crippen molar-refractivity contribution in [3.8, 4) is 11.5 Å². The molecule has 1 aromatic carbocycles. The Labute approximate surface area is 150 Å². The fourth-order valence-electron chi connectivity index (χ4n) is 2.22. The molecule has 0 aromatic heterocycles. The fourth-order valence-corrected chi connectivity index (χ4v) is 3.08. The Morgan fingerprint density at radius 1 is 1.24 bits per heavy atom. The molecule has 0 bridgehead atoms. The highest BCUT2D eigenvalue weighted by molar-refractivity contribution is 8.18. The largest absolute Gasteiger partial charge is 0.490 e. The van der Waals surface area contributed by atoms with Gasteiger partial charge in [0.25, 0.3) is 17.1 Å². The Kier molecular flexibility index (Phi) is 6.46. The third kappa shape index (κ3) is 4.76. The number of primary amides is 1. The number of carbonyl (C=O) groups excluding carboxylic acids is 3. The highest BCUT2D eigenvalue weighted by atomic mass is 32.2.